The van der Waals surface area contributed by atoms with Gasteiger partial charge in [0.1, 0.15) is 6.04 Å². The van der Waals surface area contributed by atoms with Crippen molar-refractivity contribution in [1.82, 2.24) is 5.32 Å². The van der Waals surface area contributed by atoms with Crippen molar-refractivity contribution in [2.45, 2.75) is 45.2 Å². The van der Waals surface area contributed by atoms with Crippen LogP contribution in [0.4, 0.5) is 0 Å². The van der Waals surface area contributed by atoms with Gasteiger partial charge >= 0.3 is 5.97 Å². The van der Waals surface area contributed by atoms with Crippen molar-refractivity contribution >= 4 is 5.97 Å². The molecule has 0 aromatic carbocycles. The van der Waals surface area contributed by atoms with Crippen LogP contribution >= 0.6 is 0 Å². The lowest BCUT2D eigenvalue weighted by Crippen LogP contribution is -2.46. The fourth-order valence-corrected chi connectivity index (χ4v) is 2.03. The molecule has 2 unspecified atom stereocenters. The number of nitrogens with one attached hydrogen (secondary N) is 1. The Morgan fingerprint density at radius 1 is 1.53 bits per heavy atom. The minimum absolute atomic E-state index is 0.259. The molecule has 1 aliphatic heterocycles. The van der Waals surface area contributed by atoms with Gasteiger partial charge in [-0.2, -0.15) is 0 Å². The molecule has 4 nitrogen and oxygen atoms in total. The minimum Gasteiger partial charge on any atom is -0.480 e. The van der Waals surface area contributed by atoms with Gasteiger partial charge in [0.15, 0.2) is 0 Å². The van der Waals surface area contributed by atoms with Crippen LogP contribution in [0.3, 0.4) is 0 Å². The highest BCUT2D eigenvalue weighted by molar-refractivity contribution is 5.73. The van der Waals surface area contributed by atoms with E-state index in [-0.39, 0.29) is 6.04 Å². The van der Waals surface area contributed by atoms with Crippen LogP contribution in [-0.4, -0.2) is 36.4 Å². The number of ether oxygens (including phenoxy) is 1. The van der Waals surface area contributed by atoms with Crippen LogP contribution in [0.15, 0.2) is 0 Å². The van der Waals surface area contributed by atoms with E-state index in [1.165, 1.54) is 0 Å². The van der Waals surface area contributed by atoms with Crippen molar-refractivity contribution in [1.29, 1.82) is 0 Å². The van der Waals surface area contributed by atoms with Gasteiger partial charge in [-0.15, -0.1) is 0 Å². The topological polar surface area (TPSA) is 58.6 Å². The van der Waals surface area contributed by atoms with Crippen molar-refractivity contribution in [2.24, 2.45) is 5.92 Å². The molecule has 0 radical (unpaired) electrons. The van der Waals surface area contributed by atoms with E-state index in [0.717, 1.165) is 26.1 Å². The van der Waals surface area contributed by atoms with Crippen LogP contribution in [0.2, 0.25) is 0 Å². The van der Waals surface area contributed by atoms with E-state index in [1.54, 1.807) is 0 Å². The molecule has 1 aliphatic rings. The summed E-state index contributed by atoms with van der Waals surface area (Å²) in [7, 11) is 0. The van der Waals surface area contributed by atoms with E-state index in [0.29, 0.717) is 12.3 Å². The molecule has 0 spiro atoms. The lowest BCUT2D eigenvalue weighted by molar-refractivity contribution is -0.139. The van der Waals surface area contributed by atoms with E-state index < -0.39 is 12.0 Å². The SMILES string of the molecule is CCC(NC(C)C1CCOCC1)C(=O)O. The molecule has 88 valence electrons. The average molecular weight is 215 g/mol. The van der Waals surface area contributed by atoms with Crippen molar-refractivity contribution in [3.8, 4) is 0 Å². The van der Waals surface area contributed by atoms with Gasteiger partial charge in [0.05, 0.1) is 0 Å². The van der Waals surface area contributed by atoms with E-state index in [2.05, 4.69) is 12.2 Å². The maximum Gasteiger partial charge on any atom is 0.320 e. The maximum absolute atomic E-state index is 10.9. The van der Waals surface area contributed by atoms with Gasteiger partial charge in [0, 0.05) is 19.3 Å². The summed E-state index contributed by atoms with van der Waals surface area (Å²) in [5, 5.41) is 12.1. The number of rotatable bonds is 5. The van der Waals surface area contributed by atoms with Gasteiger partial charge in [-0.3, -0.25) is 4.79 Å². The molecule has 0 aliphatic carbocycles. The maximum atomic E-state index is 10.9. The molecule has 1 saturated heterocycles. The molecule has 0 saturated carbocycles. The Hall–Kier alpha value is -0.610. The summed E-state index contributed by atoms with van der Waals surface area (Å²) >= 11 is 0. The molecule has 4 heteroatoms. The van der Waals surface area contributed by atoms with Crippen LogP contribution in [0.1, 0.15) is 33.1 Å². The Kier molecular flexibility index (Phi) is 5.05. The number of hydrogen-bond acceptors (Lipinski definition) is 3. The molecule has 1 heterocycles. The van der Waals surface area contributed by atoms with Crippen LogP contribution in [0.5, 0.6) is 0 Å². The lowest BCUT2D eigenvalue weighted by atomic mass is 9.92. The second-order valence-corrected chi connectivity index (χ2v) is 4.20. The fourth-order valence-electron chi connectivity index (χ4n) is 2.03. The van der Waals surface area contributed by atoms with Crippen LogP contribution in [0.25, 0.3) is 0 Å². The summed E-state index contributed by atoms with van der Waals surface area (Å²) in [6.45, 7) is 5.57. The van der Waals surface area contributed by atoms with Crippen LogP contribution < -0.4 is 5.32 Å². The summed E-state index contributed by atoms with van der Waals surface area (Å²) in [5.74, 6) is -0.205. The Balaban J connectivity index is 2.38. The molecule has 0 aromatic heterocycles. The third-order valence-corrected chi connectivity index (χ3v) is 3.14. The highest BCUT2D eigenvalue weighted by Gasteiger charge is 2.24. The Morgan fingerprint density at radius 3 is 2.60 bits per heavy atom. The van der Waals surface area contributed by atoms with Gasteiger partial charge in [0.25, 0.3) is 0 Å². The summed E-state index contributed by atoms with van der Waals surface area (Å²) in [6, 6.07) is -0.155. The number of carboxylic acids is 1. The Labute approximate surface area is 91.0 Å². The third-order valence-electron chi connectivity index (χ3n) is 3.14. The molecule has 0 bridgehead atoms. The second kappa shape index (κ2) is 6.08. The predicted molar refractivity (Wildman–Crippen MR) is 57.9 cm³/mol. The fraction of sp³-hybridized carbons (Fsp3) is 0.909. The number of hydrogen-bond donors (Lipinski definition) is 2. The second-order valence-electron chi connectivity index (χ2n) is 4.20. The molecule has 1 fully saturated rings. The highest BCUT2D eigenvalue weighted by Crippen LogP contribution is 2.19. The first-order valence-electron chi connectivity index (χ1n) is 5.71. The predicted octanol–water partition coefficient (Wildman–Crippen LogP) is 1.25. The molecular formula is C11H21NO3. The summed E-state index contributed by atoms with van der Waals surface area (Å²) < 4.78 is 5.28. The summed E-state index contributed by atoms with van der Waals surface area (Å²) in [6.07, 6.45) is 2.69. The Morgan fingerprint density at radius 2 is 2.13 bits per heavy atom. The largest absolute Gasteiger partial charge is 0.480 e. The van der Waals surface area contributed by atoms with E-state index in [9.17, 15) is 4.79 Å². The molecule has 2 N–H and O–H groups in total. The monoisotopic (exact) mass is 215 g/mol. The zero-order valence-electron chi connectivity index (χ0n) is 9.53. The van der Waals surface area contributed by atoms with Crippen molar-refractivity contribution in [3.05, 3.63) is 0 Å². The van der Waals surface area contributed by atoms with Crippen molar-refractivity contribution in [2.75, 3.05) is 13.2 Å². The highest BCUT2D eigenvalue weighted by atomic mass is 16.5. The molecular weight excluding hydrogens is 194 g/mol. The zero-order valence-corrected chi connectivity index (χ0v) is 9.53. The summed E-state index contributed by atoms with van der Waals surface area (Å²) in [5.41, 5.74) is 0. The first kappa shape index (κ1) is 12.5. The molecule has 1 rings (SSSR count). The van der Waals surface area contributed by atoms with Gasteiger partial charge in [-0.05, 0) is 32.1 Å². The normalized spacial score (nSPS) is 22.3. The van der Waals surface area contributed by atoms with Crippen LogP contribution in [-0.2, 0) is 9.53 Å². The van der Waals surface area contributed by atoms with Gasteiger partial charge in [0.2, 0.25) is 0 Å². The quantitative estimate of drug-likeness (QED) is 0.724. The standard InChI is InChI=1S/C11H21NO3/c1-3-10(11(13)14)12-8(2)9-4-6-15-7-5-9/h8-10,12H,3-7H2,1-2H3,(H,13,14). The minimum atomic E-state index is -0.753. The molecule has 0 amide bonds. The molecule has 0 aromatic rings. The summed E-state index contributed by atoms with van der Waals surface area (Å²) in [4.78, 5) is 10.9. The smallest absolute Gasteiger partial charge is 0.320 e. The van der Waals surface area contributed by atoms with Crippen molar-refractivity contribution in [3.63, 3.8) is 0 Å². The van der Waals surface area contributed by atoms with E-state index in [1.807, 2.05) is 6.92 Å². The average Bonchev–Trinajstić information content (AvgIpc) is 2.26. The van der Waals surface area contributed by atoms with Crippen molar-refractivity contribution < 1.29 is 14.6 Å². The first-order valence-corrected chi connectivity index (χ1v) is 5.71. The number of carbonyl (C=O) groups is 1. The van der Waals surface area contributed by atoms with E-state index in [4.69, 9.17) is 9.84 Å². The molecule has 2 atom stereocenters. The lowest BCUT2D eigenvalue weighted by Gasteiger charge is -2.30. The number of aliphatic carboxylic acids is 1. The number of carboxylic acid groups (broad SMARTS) is 1. The Bertz CT molecular complexity index is 202. The molecule has 15 heavy (non-hydrogen) atoms. The van der Waals surface area contributed by atoms with E-state index >= 15 is 0 Å². The van der Waals surface area contributed by atoms with Crippen LogP contribution in [0, 0.1) is 5.92 Å². The zero-order chi connectivity index (χ0) is 11.3. The third kappa shape index (κ3) is 3.80. The first-order chi connectivity index (χ1) is 7.15. The van der Waals surface area contributed by atoms with Gasteiger partial charge < -0.3 is 15.2 Å². The van der Waals surface area contributed by atoms with Gasteiger partial charge in [-0.1, -0.05) is 6.92 Å². The van der Waals surface area contributed by atoms with Gasteiger partial charge in [-0.25, -0.2) is 0 Å².